The van der Waals surface area contributed by atoms with E-state index in [1.807, 2.05) is 60.7 Å². The highest BCUT2D eigenvalue weighted by atomic mass is 16.2. The lowest BCUT2D eigenvalue weighted by molar-refractivity contribution is 0.102. The van der Waals surface area contributed by atoms with Gasteiger partial charge < -0.3 is 20.9 Å². The van der Waals surface area contributed by atoms with Crippen molar-refractivity contribution in [1.29, 1.82) is 0 Å². The van der Waals surface area contributed by atoms with Crippen molar-refractivity contribution in [2.24, 2.45) is 0 Å². The zero-order valence-corrected chi connectivity index (χ0v) is 18.2. The Morgan fingerprint density at radius 3 is 2.19 bits per heavy atom. The van der Waals surface area contributed by atoms with Crippen LogP contribution in [0.15, 0.2) is 72.8 Å². The summed E-state index contributed by atoms with van der Waals surface area (Å²) in [4.78, 5) is 27.5. The average Bonchev–Trinajstić information content (AvgIpc) is 3.35. The lowest BCUT2D eigenvalue weighted by atomic mass is 10.1. The number of carbonyl (C=O) groups is 2. The van der Waals surface area contributed by atoms with Crippen LogP contribution in [0.5, 0.6) is 0 Å². The second-order valence-electron chi connectivity index (χ2n) is 7.88. The van der Waals surface area contributed by atoms with Gasteiger partial charge in [-0.2, -0.15) is 0 Å². The van der Waals surface area contributed by atoms with Gasteiger partial charge in [0, 0.05) is 30.0 Å². The maximum atomic E-state index is 12.7. The Morgan fingerprint density at radius 2 is 1.50 bits per heavy atom. The molecule has 1 saturated heterocycles. The van der Waals surface area contributed by atoms with Crippen LogP contribution >= 0.6 is 0 Å². The number of urea groups is 1. The molecule has 0 aromatic heterocycles. The van der Waals surface area contributed by atoms with E-state index in [9.17, 15) is 9.59 Å². The molecule has 6 nitrogen and oxygen atoms in total. The highest BCUT2D eigenvalue weighted by Gasteiger charge is 2.18. The van der Waals surface area contributed by atoms with Gasteiger partial charge in [-0.3, -0.25) is 4.79 Å². The molecule has 0 atom stereocenters. The number of benzene rings is 3. The molecule has 3 N–H and O–H groups in total. The summed E-state index contributed by atoms with van der Waals surface area (Å²) in [6.07, 6.45) is 3.21. The van der Waals surface area contributed by atoms with E-state index in [4.69, 9.17) is 0 Å². The van der Waals surface area contributed by atoms with Crippen molar-refractivity contribution >= 4 is 34.7 Å². The van der Waals surface area contributed by atoms with Gasteiger partial charge in [-0.1, -0.05) is 37.3 Å². The monoisotopic (exact) mass is 428 g/mol. The Bertz CT molecular complexity index is 1070. The SMILES string of the molecule is CCc1ccc(NC(=O)Nc2cc(NC(=O)c3ccccc3)ccc2N2CCCC2)cc1. The van der Waals surface area contributed by atoms with Gasteiger partial charge in [0.1, 0.15) is 0 Å². The molecule has 6 heteroatoms. The minimum Gasteiger partial charge on any atom is -0.370 e. The number of carbonyl (C=O) groups excluding carboxylic acids is 2. The standard InChI is InChI=1S/C26H28N4O2/c1-2-19-10-12-21(13-11-19)28-26(32)29-23-18-22(14-15-24(23)30-16-6-7-17-30)27-25(31)20-8-4-3-5-9-20/h3-5,8-15,18H,2,6-7,16-17H2,1H3,(H,27,31)(H2,28,29,32). The normalized spacial score (nSPS) is 13.0. The Balaban J connectivity index is 1.52. The van der Waals surface area contributed by atoms with Crippen molar-refractivity contribution in [2.45, 2.75) is 26.2 Å². The summed E-state index contributed by atoms with van der Waals surface area (Å²) >= 11 is 0. The third-order valence-corrected chi connectivity index (χ3v) is 5.61. The minimum absolute atomic E-state index is 0.189. The number of hydrogen-bond acceptors (Lipinski definition) is 3. The van der Waals surface area contributed by atoms with E-state index in [1.54, 1.807) is 12.1 Å². The first-order valence-corrected chi connectivity index (χ1v) is 11.0. The third-order valence-electron chi connectivity index (χ3n) is 5.61. The number of amides is 3. The second kappa shape index (κ2) is 10.0. The first-order valence-electron chi connectivity index (χ1n) is 11.0. The molecule has 0 unspecified atom stereocenters. The Morgan fingerprint density at radius 1 is 0.812 bits per heavy atom. The largest absolute Gasteiger partial charge is 0.370 e. The van der Waals surface area contributed by atoms with Crippen LogP contribution in [-0.4, -0.2) is 25.0 Å². The van der Waals surface area contributed by atoms with Crippen molar-refractivity contribution in [3.8, 4) is 0 Å². The van der Waals surface area contributed by atoms with Gasteiger partial charge in [0.05, 0.1) is 11.4 Å². The van der Waals surface area contributed by atoms with E-state index in [0.29, 0.717) is 16.9 Å². The van der Waals surface area contributed by atoms with E-state index < -0.39 is 0 Å². The predicted molar refractivity (Wildman–Crippen MR) is 131 cm³/mol. The number of aryl methyl sites for hydroxylation is 1. The van der Waals surface area contributed by atoms with Gasteiger partial charge in [-0.25, -0.2) is 4.79 Å². The summed E-state index contributed by atoms with van der Waals surface area (Å²) < 4.78 is 0. The Hall–Kier alpha value is -3.80. The summed E-state index contributed by atoms with van der Waals surface area (Å²) in [6, 6.07) is 22.2. The lowest BCUT2D eigenvalue weighted by Gasteiger charge is -2.22. The molecule has 32 heavy (non-hydrogen) atoms. The van der Waals surface area contributed by atoms with Gasteiger partial charge >= 0.3 is 6.03 Å². The molecule has 164 valence electrons. The van der Waals surface area contributed by atoms with Gasteiger partial charge in [0.15, 0.2) is 0 Å². The highest BCUT2D eigenvalue weighted by molar-refractivity contribution is 6.06. The fourth-order valence-electron chi connectivity index (χ4n) is 3.85. The first-order chi connectivity index (χ1) is 15.6. The van der Waals surface area contributed by atoms with Crippen LogP contribution in [0.4, 0.5) is 27.5 Å². The molecule has 0 aliphatic carbocycles. The smallest absolute Gasteiger partial charge is 0.323 e. The zero-order valence-electron chi connectivity index (χ0n) is 18.2. The van der Waals surface area contributed by atoms with Crippen molar-refractivity contribution in [3.63, 3.8) is 0 Å². The summed E-state index contributed by atoms with van der Waals surface area (Å²) in [5.74, 6) is -0.189. The molecule has 1 heterocycles. The topological polar surface area (TPSA) is 73.5 Å². The Kier molecular flexibility index (Phi) is 6.70. The highest BCUT2D eigenvalue weighted by Crippen LogP contribution is 2.32. The van der Waals surface area contributed by atoms with Gasteiger partial charge in [0.2, 0.25) is 0 Å². The van der Waals surface area contributed by atoms with Crippen molar-refractivity contribution < 1.29 is 9.59 Å². The van der Waals surface area contributed by atoms with Crippen molar-refractivity contribution in [1.82, 2.24) is 0 Å². The van der Waals surface area contributed by atoms with E-state index >= 15 is 0 Å². The van der Waals surface area contributed by atoms with Crippen molar-refractivity contribution in [2.75, 3.05) is 33.9 Å². The molecule has 1 fully saturated rings. The summed E-state index contributed by atoms with van der Waals surface area (Å²) in [5, 5.41) is 8.79. The van der Waals surface area contributed by atoms with Crippen LogP contribution in [0.3, 0.4) is 0 Å². The zero-order chi connectivity index (χ0) is 22.3. The van der Waals surface area contributed by atoms with E-state index in [0.717, 1.165) is 43.7 Å². The lowest BCUT2D eigenvalue weighted by Crippen LogP contribution is -2.24. The second-order valence-corrected chi connectivity index (χ2v) is 7.88. The molecule has 0 spiro atoms. The molecule has 0 bridgehead atoms. The molecule has 3 aromatic carbocycles. The summed E-state index contributed by atoms with van der Waals surface area (Å²) in [5.41, 5.74) is 4.78. The molecular formula is C26H28N4O2. The molecule has 3 amide bonds. The number of anilines is 4. The van der Waals surface area contributed by atoms with Crippen LogP contribution in [0.2, 0.25) is 0 Å². The molecular weight excluding hydrogens is 400 g/mol. The summed E-state index contributed by atoms with van der Waals surface area (Å²) in [6.45, 7) is 3.99. The fourth-order valence-corrected chi connectivity index (χ4v) is 3.85. The number of nitrogens with one attached hydrogen (secondary N) is 3. The van der Waals surface area contributed by atoms with Crippen LogP contribution in [0, 0.1) is 0 Å². The number of hydrogen-bond donors (Lipinski definition) is 3. The maximum Gasteiger partial charge on any atom is 0.323 e. The Labute approximate surface area is 188 Å². The number of nitrogens with zero attached hydrogens (tertiary/aromatic N) is 1. The third kappa shape index (κ3) is 5.27. The van der Waals surface area contributed by atoms with E-state index in [-0.39, 0.29) is 11.9 Å². The van der Waals surface area contributed by atoms with Crippen LogP contribution < -0.4 is 20.9 Å². The first kappa shape index (κ1) is 21.4. The number of rotatable bonds is 6. The molecule has 0 saturated carbocycles. The van der Waals surface area contributed by atoms with Gasteiger partial charge in [-0.15, -0.1) is 0 Å². The molecule has 1 aliphatic rings. The minimum atomic E-state index is -0.318. The average molecular weight is 429 g/mol. The van der Waals surface area contributed by atoms with Gasteiger partial charge in [0.25, 0.3) is 5.91 Å². The molecule has 4 rings (SSSR count). The van der Waals surface area contributed by atoms with Gasteiger partial charge in [-0.05, 0) is 67.3 Å². The van der Waals surface area contributed by atoms with Crippen LogP contribution in [-0.2, 0) is 6.42 Å². The molecule has 1 aliphatic heterocycles. The fraction of sp³-hybridized carbons (Fsp3) is 0.231. The van der Waals surface area contributed by atoms with E-state index in [2.05, 4.69) is 27.8 Å². The van der Waals surface area contributed by atoms with Crippen molar-refractivity contribution in [3.05, 3.63) is 83.9 Å². The van der Waals surface area contributed by atoms with E-state index in [1.165, 1.54) is 5.56 Å². The molecule has 0 radical (unpaired) electrons. The maximum absolute atomic E-state index is 12.7. The van der Waals surface area contributed by atoms with Crippen LogP contribution in [0.1, 0.15) is 35.7 Å². The summed E-state index contributed by atoms with van der Waals surface area (Å²) in [7, 11) is 0. The quantitative estimate of drug-likeness (QED) is 0.468. The van der Waals surface area contributed by atoms with Crippen LogP contribution in [0.25, 0.3) is 0 Å². The predicted octanol–water partition coefficient (Wildman–Crippen LogP) is 5.75. The molecule has 3 aromatic rings.